The molecule has 0 radical (unpaired) electrons. The second-order valence-corrected chi connectivity index (χ2v) is 2.71. The van der Waals surface area contributed by atoms with Gasteiger partial charge in [0.1, 0.15) is 0 Å². The fourth-order valence-corrected chi connectivity index (χ4v) is 0.769. The number of cyclic esters (lactones) is 2. The monoisotopic (exact) mass is 198 g/mol. The average Bonchev–Trinajstić information content (AvgIpc) is 2.52. The number of rotatable bonds is 4. The molecule has 0 amide bonds. The van der Waals surface area contributed by atoms with Gasteiger partial charge >= 0.3 is 11.9 Å². The Morgan fingerprint density at radius 3 is 2.14 bits per heavy atom. The maximum Gasteiger partial charge on any atom is 0.338 e. The number of carbonyl (C=O) groups excluding carboxylic acids is 2. The predicted octanol–water partition coefficient (Wildman–Crippen LogP) is 0.211. The lowest BCUT2D eigenvalue weighted by molar-refractivity contribution is -0.368. The van der Waals surface area contributed by atoms with Crippen LogP contribution < -0.4 is 5.73 Å². The first-order valence-corrected chi connectivity index (χ1v) is 4.54. The molecular weight excluding hydrogens is 182 g/mol. The molecule has 0 atom stereocenters. The molecule has 0 fully saturated rings. The molecule has 0 saturated carbocycles. The molecule has 78 valence electrons. The maximum atomic E-state index is 9.92. The van der Waals surface area contributed by atoms with Crippen LogP contribution in [0.4, 0.5) is 0 Å². The van der Waals surface area contributed by atoms with Gasteiger partial charge in [0.05, 0.1) is 6.54 Å². The number of hydrogen-bond donors (Lipinski definition) is 1. The van der Waals surface area contributed by atoms with Crippen molar-refractivity contribution in [3.8, 4) is 0 Å². The number of unbranched alkanes of at least 4 members (excludes halogenated alkanes) is 2. The molecule has 1 heterocycles. The molecule has 4 nitrogen and oxygen atoms in total. The first kappa shape index (κ1) is 12.6. The zero-order valence-corrected chi connectivity index (χ0v) is 8.20. The fraction of sp³-hybridized carbons (Fsp3) is 0.400. The van der Waals surface area contributed by atoms with Crippen LogP contribution in [0.1, 0.15) is 19.3 Å². The Hall–Kier alpha value is -1.42. The Balaban J connectivity index is 0.000000241. The van der Waals surface area contributed by atoms with Crippen molar-refractivity contribution in [3.05, 3.63) is 24.8 Å². The fourth-order valence-electron chi connectivity index (χ4n) is 0.769. The summed E-state index contributed by atoms with van der Waals surface area (Å²) in [5.41, 5.74) is 3.72. The van der Waals surface area contributed by atoms with Gasteiger partial charge < -0.3 is 10.5 Å². The summed E-state index contributed by atoms with van der Waals surface area (Å²) in [6.07, 6.45) is 7.77. The molecule has 0 spiro atoms. The van der Waals surface area contributed by atoms with Gasteiger partial charge in [-0.3, -0.25) is 0 Å². The summed E-state index contributed by atoms with van der Waals surface area (Å²) < 4.78 is 3.97. The first-order chi connectivity index (χ1) is 6.70. The number of quaternary nitrogens is 1. The smallest absolute Gasteiger partial charge is 0.338 e. The molecule has 0 saturated heterocycles. The summed E-state index contributed by atoms with van der Waals surface area (Å²) in [6, 6.07) is 0. The van der Waals surface area contributed by atoms with Crippen LogP contribution in [0.3, 0.4) is 0 Å². The van der Waals surface area contributed by atoms with E-state index in [-0.39, 0.29) is 0 Å². The van der Waals surface area contributed by atoms with Gasteiger partial charge in [0.15, 0.2) is 0 Å². The third-order valence-electron chi connectivity index (χ3n) is 1.46. The summed E-state index contributed by atoms with van der Waals surface area (Å²) >= 11 is 0. The highest BCUT2D eigenvalue weighted by Crippen LogP contribution is 1.92. The van der Waals surface area contributed by atoms with E-state index in [2.05, 4.69) is 17.0 Å². The van der Waals surface area contributed by atoms with Crippen molar-refractivity contribution in [1.29, 1.82) is 0 Å². The molecule has 3 N–H and O–H groups in total. The second kappa shape index (κ2) is 8.19. The third kappa shape index (κ3) is 7.24. The number of ether oxygens (including phenoxy) is 1. The van der Waals surface area contributed by atoms with Crippen LogP contribution in [0.15, 0.2) is 24.8 Å². The molecule has 1 aliphatic rings. The molecule has 0 aromatic rings. The number of carbonyl (C=O) groups is 2. The molecule has 0 unspecified atom stereocenters. The highest BCUT2D eigenvalue weighted by Gasteiger charge is 2.10. The third-order valence-corrected chi connectivity index (χ3v) is 1.46. The molecule has 14 heavy (non-hydrogen) atoms. The SMILES string of the molecule is C=CCCCC[NH3+].O=C1C=CC(=O)O1. The molecule has 0 aromatic heterocycles. The van der Waals surface area contributed by atoms with E-state index in [4.69, 9.17) is 0 Å². The zero-order valence-electron chi connectivity index (χ0n) is 8.20. The second-order valence-electron chi connectivity index (χ2n) is 2.71. The van der Waals surface area contributed by atoms with Gasteiger partial charge in [0, 0.05) is 12.2 Å². The lowest BCUT2D eigenvalue weighted by Crippen LogP contribution is -2.49. The Labute approximate surface area is 83.4 Å². The van der Waals surface area contributed by atoms with Gasteiger partial charge in [0.25, 0.3) is 0 Å². The number of allylic oxidation sites excluding steroid dienone is 1. The quantitative estimate of drug-likeness (QED) is 0.304. The summed E-state index contributed by atoms with van der Waals surface area (Å²) in [5.74, 6) is -1.16. The van der Waals surface area contributed by atoms with Gasteiger partial charge in [-0.25, -0.2) is 9.59 Å². The van der Waals surface area contributed by atoms with Crippen molar-refractivity contribution in [1.82, 2.24) is 0 Å². The average molecular weight is 198 g/mol. The Morgan fingerprint density at radius 1 is 1.29 bits per heavy atom. The summed E-state index contributed by atoms with van der Waals surface area (Å²) in [5, 5.41) is 0. The van der Waals surface area contributed by atoms with Gasteiger partial charge in [0.2, 0.25) is 0 Å². The minimum absolute atomic E-state index is 0.579. The van der Waals surface area contributed by atoms with Crippen molar-refractivity contribution in [2.24, 2.45) is 0 Å². The van der Waals surface area contributed by atoms with Crippen molar-refractivity contribution in [3.63, 3.8) is 0 Å². The molecule has 4 heteroatoms. The van der Waals surface area contributed by atoms with E-state index < -0.39 is 11.9 Å². The number of esters is 2. The van der Waals surface area contributed by atoms with Gasteiger partial charge in [-0.1, -0.05) is 6.08 Å². The molecule has 0 aromatic carbocycles. The van der Waals surface area contributed by atoms with Crippen LogP contribution in [-0.4, -0.2) is 18.5 Å². The van der Waals surface area contributed by atoms with E-state index >= 15 is 0 Å². The van der Waals surface area contributed by atoms with Crippen LogP contribution in [-0.2, 0) is 14.3 Å². The van der Waals surface area contributed by atoms with Crippen LogP contribution in [0.5, 0.6) is 0 Å². The van der Waals surface area contributed by atoms with Gasteiger partial charge in [-0.05, 0) is 19.3 Å². The van der Waals surface area contributed by atoms with Crippen molar-refractivity contribution >= 4 is 11.9 Å². The minimum atomic E-state index is -0.579. The lowest BCUT2D eigenvalue weighted by atomic mass is 10.2. The standard InChI is InChI=1S/C6H13N.C4H2O3/c1-2-3-4-5-6-7;5-3-1-2-4(6)7-3/h2H,1,3-7H2;1-2H/p+1. The summed E-state index contributed by atoms with van der Waals surface area (Å²) in [7, 11) is 0. The van der Waals surface area contributed by atoms with E-state index in [9.17, 15) is 9.59 Å². The summed E-state index contributed by atoms with van der Waals surface area (Å²) in [6.45, 7) is 4.68. The van der Waals surface area contributed by atoms with Crippen molar-refractivity contribution < 1.29 is 20.1 Å². The van der Waals surface area contributed by atoms with Crippen LogP contribution in [0.25, 0.3) is 0 Å². The van der Waals surface area contributed by atoms with Crippen LogP contribution >= 0.6 is 0 Å². The first-order valence-electron chi connectivity index (χ1n) is 4.54. The van der Waals surface area contributed by atoms with E-state index in [1.807, 2.05) is 6.08 Å². The van der Waals surface area contributed by atoms with Crippen LogP contribution in [0, 0.1) is 0 Å². The molecule has 1 rings (SSSR count). The largest absolute Gasteiger partial charge is 0.387 e. The van der Waals surface area contributed by atoms with Crippen LogP contribution in [0.2, 0.25) is 0 Å². The predicted molar refractivity (Wildman–Crippen MR) is 52.0 cm³/mol. The normalized spacial score (nSPS) is 13.2. The minimum Gasteiger partial charge on any atom is -0.387 e. The highest BCUT2D eigenvalue weighted by atomic mass is 16.6. The van der Waals surface area contributed by atoms with Crippen molar-refractivity contribution in [2.75, 3.05) is 6.54 Å². The van der Waals surface area contributed by atoms with Crippen molar-refractivity contribution in [2.45, 2.75) is 19.3 Å². The molecular formula is C10H16NO3+. The molecule has 0 bridgehead atoms. The molecule has 1 aliphatic heterocycles. The summed E-state index contributed by atoms with van der Waals surface area (Å²) in [4.78, 5) is 19.8. The van der Waals surface area contributed by atoms with E-state index in [0.717, 1.165) is 25.1 Å². The lowest BCUT2D eigenvalue weighted by Gasteiger charge is -1.86. The van der Waals surface area contributed by atoms with E-state index in [1.165, 1.54) is 12.8 Å². The zero-order chi connectivity index (χ0) is 10.8. The maximum absolute atomic E-state index is 9.92. The van der Waals surface area contributed by atoms with E-state index in [1.54, 1.807) is 0 Å². The number of hydrogen-bond acceptors (Lipinski definition) is 3. The Bertz CT molecular complexity index is 218. The van der Waals surface area contributed by atoms with E-state index in [0.29, 0.717) is 0 Å². The Morgan fingerprint density at radius 2 is 1.86 bits per heavy atom. The topological polar surface area (TPSA) is 71.0 Å². The highest BCUT2D eigenvalue weighted by molar-refractivity contribution is 6.04. The Kier molecular flexibility index (Phi) is 7.36. The van der Waals surface area contributed by atoms with Gasteiger partial charge in [-0.15, -0.1) is 6.58 Å². The van der Waals surface area contributed by atoms with Gasteiger partial charge in [-0.2, -0.15) is 0 Å². The molecule has 0 aliphatic carbocycles.